The molecule has 7 aliphatic rings. The van der Waals surface area contributed by atoms with Crippen LogP contribution in [0, 0.1) is 44.8 Å². The van der Waals surface area contributed by atoms with Crippen LogP contribution in [0.5, 0.6) is 0 Å². The maximum Gasteiger partial charge on any atom is 0.186 e. The summed E-state index contributed by atoms with van der Waals surface area (Å²) in [6, 6.07) is 0. The molecule has 2 spiro atoms. The Hall–Kier alpha value is -0.690. The predicted octanol–water partition coefficient (Wildman–Crippen LogP) is 2.08. The molecule has 16 atom stereocenters. The Morgan fingerprint density at radius 2 is 1.51 bits per heavy atom. The van der Waals surface area contributed by atoms with E-state index in [9.17, 15) is 35.4 Å². The van der Waals surface area contributed by atoms with E-state index in [1.807, 2.05) is 13.8 Å². The molecule has 0 aromatic heterocycles. The van der Waals surface area contributed by atoms with E-state index in [1.54, 1.807) is 13.8 Å². The molecule has 0 aromatic carbocycles. The summed E-state index contributed by atoms with van der Waals surface area (Å²) in [6.45, 7) is 13.8. The number of fused-ring (bicyclic) bond motifs is 2. The summed E-state index contributed by atoms with van der Waals surface area (Å²) in [5, 5.41) is 65.8. The number of rotatable bonds is 4. The van der Waals surface area contributed by atoms with Gasteiger partial charge in [0.05, 0.1) is 42.0 Å². The van der Waals surface area contributed by atoms with Crippen LogP contribution in [-0.4, -0.2) is 103 Å². The minimum atomic E-state index is -1.34. The third-order valence-corrected chi connectivity index (χ3v) is 15.5. The number of ketones is 1. The molecule has 6 N–H and O–H groups in total. The standard InChI is InChI=1S/C35H56O10/c1-29(2)18-8-9-19-32(6)27(41)25(40)26(31(5)12-10-22(45-31)30(3,4)42)33(32,7)20(37)14-35(19)16-34(18,35)13-11-21(29)44-28-24(39)23(38)17(36)15-43-28/h17-24,26-28,36-39,41-42H,8-16H2,1-7H3/t17-,18+,19+,20+,21+,22-,23+,24-,26-,27+,28+,31+,32-,33-,34-,35+/m1/s1. The van der Waals surface area contributed by atoms with Crippen LogP contribution in [0.4, 0.5) is 0 Å². The second-order valence-electron chi connectivity index (χ2n) is 18.0. The van der Waals surface area contributed by atoms with Gasteiger partial charge in [0.2, 0.25) is 0 Å². The van der Waals surface area contributed by atoms with Crippen LogP contribution in [0.15, 0.2) is 0 Å². The molecule has 0 unspecified atom stereocenters. The van der Waals surface area contributed by atoms with Gasteiger partial charge in [-0.1, -0.05) is 27.7 Å². The van der Waals surface area contributed by atoms with Gasteiger partial charge >= 0.3 is 0 Å². The summed E-state index contributed by atoms with van der Waals surface area (Å²) in [6.07, 6.45) is -1.47. The molecule has 10 heteroatoms. The lowest BCUT2D eigenvalue weighted by atomic mass is 9.40. The van der Waals surface area contributed by atoms with Gasteiger partial charge in [0.15, 0.2) is 12.1 Å². The number of aliphatic hydroxyl groups is 6. The van der Waals surface area contributed by atoms with Gasteiger partial charge in [0.25, 0.3) is 0 Å². The van der Waals surface area contributed by atoms with Gasteiger partial charge in [-0.05, 0) is 100 Å². The fourth-order valence-electron chi connectivity index (χ4n) is 13.1. The minimum absolute atomic E-state index is 0.0486. The average Bonchev–Trinajstić information content (AvgIpc) is 3.36. The van der Waals surface area contributed by atoms with E-state index in [0.29, 0.717) is 19.3 Å². The fourth-order valence-corrected chi connectivity index (χ4v) is 13.1. The van der Waals surface area contributed by atoms with Crippen molar-refractivity contribution >= 4 is 5.78 Å². The number of carbonyl (C=O) groups is 1. The molecule has 2 saturated heterocycles. The van der Waals surface area contributed by atoms with Crippen molar-refractivity contribution in [2.75, 3.05) is 6.61 Å². The number of Topliss-reactive ketones (excluding diaryl/α,β-unsaturated/α-hetero) is 1. The molecule has 2 heterocycles. The molecular formula is C35H56O10. The van der Waals surface area contributed by atoms with Gasteiger partial charge in [-0.2, -0.15) is 0 Å². The molecule has 2 aliphatic heterocycles. The molecule has 0 amide bonds. The topological polar surface area (TPSA) is 166 Å². The normalized spacial score (nSPS) is 58.8. The monoisotopic (exact) mass is 636 g/mol. The molecular weight excluding hydrogens is 580 g/mol. The van der Waals surface area contributed by atoms with E-state index >= 15 is 0 Å². The Labute approximate surface area is 266 Å². The van der Waals surface area contributed by atoms with Crippen LogP contribution in [0.3, 0.4) is 0 Å². The number of ether oxygens (including phenoxy) is 3. The van der Waals surface area contributed by atoms with E-state index in [-0.39, 0.29) is 46.6 Å². The molecule has 256 valence electrons. The molecule has 7 rings (SSSR count). The zero-order chi connectivity index (χ0) is 32.9. The van der Waals surface area contributed by atoms with Crippen LogP contribution in [0.1, 0.15) is 99.8 Å². The van der Waals surface area contributed by atoms with Crippen LogP contribution in [-0.2, 0) is 19.0 Å². The first-order valence-electron chi connectivity index (χ1n) is 17.3. The van der Waals surface area contributed by atoms with Crippen molar-refractivity contribution in [3.63, 3.8) is 0 Å². The molecule has 45 heavy (non-hydrogen) atoms. The highest BCUT2D eigenvalue weighted by Crippen LogP contribution is 2.89. The van der Waals surface area contributed by atoms with Crippen LogP contribution in [0.2, 0.25) is 0 Å². The lowest BCUT2D eigenvalue weighted by molar-refractivity contribution is -0.304. The molecule has 7 fully saturated rings. The summed E-state index contributed by atoms with van der Waals surface area (Å²) in [7, 11) is 0. The number of hydrogen-bond donors (Lipinski definition) is 6. The minimum Gasteiger partial charge on any atom is -0.392 e. The van der Waals surface area contributed by atoms with Crippen molar-refractivity contribution in [3.05, 3.63) is 0 Å². The maximum absolute atomic E-state index is 14.3. The van der Waals surface area contributed by atoms with Crippen molar-refractivity contribution in [3.8, 4) is 0 Å². The Morgan fingerprint density at radius 1 is 0.844 bits per heavy atom. The van der Waals surface area contributed by atoms with Gasteiger partial charge < -0.3 is 44.8 Å². The summed E-state index contributed by atoms with van der Waals surface area (Å²) in [4.78, 5) is 14.3. The molecule has 5 aliphatic carbocycles. The largest absolute Gasteiger partial charge is 0.392 e. The van der Waals surface area contributed by atoms with Crippen molar-refractivity contribution in [2.24, 2.45) is 44.8 Å². The van der Waals surface area contributed by atoms with Gasteiger partial charge in [-0.3, -0.25) is 4.79 Å². The number of hydrogen-bond acceptors (Lipinski definition) is 10. The van der Waals surface area contributed by atoms with Gasteiger partial charge in [-0.15, -0.1) is 0 Å². The Balaban J connectivity index is 1.18. The van der Waals surface area contributed by atoms with E-state index in [4.69, 9.17) is 14.2 Å². The molecule has 5 saturated carbocycles. The van der Waals surface area contributed by atoms with E-state index in [0.717, 1.165) is 32.1 Å². The smallest absolute Gasteiger partial charge is 0.186 e. The van der Waals surface area contributed by atoms with Crippen molar-refractivity contribution in [1.29, 1.82) is 0 Å². The van der Waals surface area contributed by atoms with Gasteiger partial charge in [0, 0.05) is 10.8 Å². The Morgan fingerprint density at radius 3 is 2.16 bits per heavy atom. The lowest BCUT2D eigenvalue weighted by Crippen LogP contribution is -2.65. The third kappa shape index (κ3) is 3.92. The zero-order valence-corrected chi connectivity index (χ0v) is 28.0. The lowest BCUT2D eigenvalue weighted by Gasteiger charge is -2.65. The average molecular weight is 637 g/mol. The van der Waals surface area contributed by atoms with Gasteiger partial charge in [-0.25, -0.2) is 0 Å². The van der Waals surface area contributed by atoms with Crippen molar-refractivity contribution < 1.29 is 49.6 Å². The van der Waals surface area contributed by atoms with Gasteiger partial charge in [0.1, 0.15) is 24.4 Å². The fraction of sp³-hybridized carbons (Fsp3) is 0.971. The first-order valence-corrected chi connectivity index (χ1v) is 17.3. The Bertz CT molecular complexity index is 1230. The Kier molecular flexibility index (Phi) is 7.09. The zero-order valence-electron chi connectivity index (χ0n) is 28.0. The number of aliphatic hydroxyl groups excluding tert-OH is 5. The van der Waals surface area contributed by atoms with E-state index in [1.165, 1.54) is 0 Å². The van der Waals surface area contributed by atoms with E-state index in [2.05, 4.69) is 20.8 Å². The molecule has 10 nitrogen and oxygen atoms in total. The first kappa shape index (κ1) is 32.8. The molecule has 0 radical (unpaired) electrons. The predicted molar refractivity (Wildman–Crippen MR) is 161 cm³/mol. The second kappa shape index (κ2) is 9.72. The summed E-state index contributed by atoms with van der Waals surface area (Å²) < 4.78 is 18.5. The van der Waals surface area contributed by atoms with E-state index < -0.39 is 70.9 Å². The summed E-state index contributed by atoms with van der Waals surface area (Å²) >= 11 is 0. The van der Waals surface area contributed by atoms with Crippen LogP contribution >= 0.6 is 0 Å². The van der Waals surface area contributed by atoms with Crippen LogP contribution in [0.25, 0.3) is 0 Å². The maximum atomic E-state index is 14.3. The molecule has 0 aromatic rings. The summed E-state index contributed by atoms with van der Waals surface area (Å²) in [5.74, 6) is -0.595. The second-order valence-corrected chi connectivity index (χ2v) is 18.0. The van der Waals surface area contributed by atoms with Crippen LogP contribution < -0.4 is 0 Å². The SMILES string of the molecule is CC(C)(O)[C@H]1CC[C@@](C)([C@H]2C(=O)[C@H](O)[C@@]3(C)[C@@H]4CC[C@H]5C(C)(C)[C@@H](O[C@@H]6OC[C@@H](O)[C@H](O)[C@H]6O)CC[C@@]56C[C@@]46C[C@H](O)[C@]23C)O1. The first-order chi connectivity index (χ1) is 20.7. The number of carbonyl (C=O) groups excluding carboxylic acids is 1. The third-order valence-electron chi connectivity index (χ3n) is 15.5. The highest BCUT2D eigenvalue weighted by Gasteiger charge is 2.87. The quantitative estimate of drug-likeness (QED) is 0.252. The van der Waals surface area contributed by atoms with Crippen molar-refractivity contribution in [2.45, 2.75) is 160 Å². The summed E-state index contributed by atoms with van der Waals surface area (Å²) in [5.41, 5.74) is -4.24. The molecule has 0 bridgehead atoms. The highest BCUT2D eigenvalue weighted by atomic mass is 16.7. The van der Waals surface area contributed by atoms with Crippen molar-refractivity contribution in [1.82, 2.24) is 0 Å². The highest BCUT2D eigenvalue weighted by molar-refractivity contribution is 5.91.